The first-order valence-electron chi connectivity index (χ1n) is 6.67. The molecule has 5 heteroatoms. The maximum atomic E-state index is 5.32. The van der Waals surface area contributed by atoms with Crippen molar-refractivity contribution in [2.45, 2.75) is 33.2 Å². The summed E-state index contributed by atoms with van der Waals surface area (Å²) in [5.41, 5.74) is 0.926. The Balaban J connectivity index is 2.09. The second-order valence-electron chi connectivity index (χ2n) is 4.86. The van der Waals surface area contributed by atoms with Gasteiger partial charge in [-0.3, -0.25) is 4.98 Å². The first-order valence-corrected chi connectivity index (χ1v) is 6.67. The SMILES string of the molecule is CCNC(Cc1nc(-c2ccncc2)no1)C(C)C. The Labute approximate surface area is 113 Å². The fourth-order valence-electron chi connectivity index (χ4n) is 1.95. The summed E-state index contributed by atoms with van der Waals surface area (Å²) < 4.78 is 5.32. The van der Waals surface area contributed by atoms with Gasteiger partial charge in [0.15, 0.2) is 0 Å². The monoisotopic (exact) mass is 260 g/mol. The number of nitrogens with zero attached hydrogens (tertiary/aromatic N) is 3. The van der Waals surface area contributed by atoms with Crippen LogP contribution in [0.15, 0.2) is 29.0 Å². The lowest BCUT2D eigenvalue weighted by atomic mass is 10.0. The topological polar surface area (TPSA) is 63.8 Å². The molecule has 0 spiro atoms. The molecule has 0 saturated carbocycles. The Morgan fingerprint density at radius 1 is 1.26 bits per heavy atom. The van der Waals surface area contributed by atoms with Gasteiger partial charge in [0.05, 0.1) is 0 Å². The summed E-state index contributed by atoms with van der Waals surface area (Å²) in [7, 11) is 0. The van der Waals surface area contributed by atoms with Crippen molar-refractivity contribution in [2.24, 2.45) is 5.92 Å². The standard InChI is InChI=1S/C14H20N4O/c1-4-16-12(10(2)3)9-13-17-14(18-19-13)11-5-7-15-8-6-11/h5-8,10,12,16H,4,9H2,1-3H3. The van der Waals surface area contributed by atoms with E-state index in [1.165, 1.54) is 0 Å². The van der Waals surface area contributed by atoms with Gasteiger partial charge in [-0.2, -0.15) is 4.98 Å². The number of likely N-dealkylation sites (N-methyl/N-ethyl adjacent to an activating group) is 1. The molecule has 2 aromatic rings. The number of hydrogen-bond acceptors (Lipinski definition) is 5. The van der Waals surface area contributed by atoms with Crippen LogP contribution in [0, 0.1) is 5.92 Å². The molecule has 0 radical (unpaired) electrons. The number of nitrogens with one attached hydrogen (secondary N) is 1. The van der Waals surface area contributed by atoms with Crippen LogP contribution in [0.3, 0.4) is 0 Å². The lowest BCUT2D eigenvalue weighted by Gasteiger charge is -2.19. The summed E-state index contributed by atoms with van der Waals surface area (Å²) >= 11 is 0. The third-order valence-electron chi connectivity index (χ3n) is 3.07. The minimum atomic E-state index is 0.357. The van der Waals surface area contributed by atoms with Gasteiger partial charge in [0, 0.05) is 30.4 Å². The summed E-state index contributed by atoms with van der Waals surface area (Å²) in [5, 5.41) is 7.46. The lowest BCUT2D eigenvalue weighted by molar-refractivity contribution is 0.329. The van der Waals surface area contributed by atoms with Gasteiger partial charge < -0.3 is 9.84 Å². The van der Waals surface area contributed by atoms with Gasteiger partial charge in [0.25, 0.3) is 0 Å². The molecule has 0 aliphatic carbocycles. The fourth-order valence-corrected chi connectivity index (χ4v) is 1.95. The Morgan fingerprint density at radius 2 is 2.00 bits per heavy atom. The van der Waals surface area contributed by atoms with E-state index in [0.29, 0.717) is 23.7 Å². The van der Waals surface area contributed by atoms with Crippen LogP contribution in [0.2, 0.25) is 0 Å². The molecule has 1 N–H and O–H groups in total. The van der Waals surface area contributed by atoms with Crippen LogP contribution in [0.25, 0.3) is 11.4 Å². The number of hydrogen-bond donors (Lipinski definition) is 1. The number of pyridine rings is 1. The third kappa shape index (κ3) is 3.61. The van der Waals surface area contributed by atoms with Crippen molar-refractivity contribution in [3.05, 3.63) is 30.4 Å². The second kappa shape index (κ2) is 6.43. The molecule has 19 heavy (non-hydrogen) atoms. The highest BCUT2D eigenvalue weighted by Crippen LogP contribution is 2.16. The molecule has 0 amide bonds. The number of aromatic nitrogens is 3. The van der Waals surface area contributed by atoms with Crippen LogP contribution in [0.4, 0.5) is 0 Å². The van der Waals surface area contributed by atoms with E-state index in [2.05, 4.69) is 41.2 Å². The second-order valence-corrected chi connectivity index (χ2v) is 4.86. The van der Waals surface area contributed by atoms with E-state index >= 15 is 0 Å². The van der Waals surface area contributed by atoms with Gasteiger partial charge in [-0.1, -0.05) is 25.9 Å². The van der Waals surface area contributed by atoms with Crippen molar-refractivity contribution in [3.63, 3.8) is 0 Å². The van der Waals surface area contributed by atoms with Crippen LogP contribution in [-0.2, 0) is 6.42 Å². The van der Waals surface area contributed by atoms with Gasteiger partial charge in [-0.05, 0) is 24.6 Å². The van der Waals surface area contributed by atoms with Crippen molar-refractivity contribution < 1.29 is 4.52 Å². The first kappa shape index (κ1) is 13.7. The van der Waals surface area contributed by atoms with Crippen LogP contribution in [0.1, 0.15) is 26.7 Å². The Hall–Kier alpha value is -1.75. The summed E-state index contributed by atoms with van der Waals surface area (Å²) in [6, 6.07) is 4.10. The van der Waals surface area contributed by atoms with E-state index < -0.39 is 0 Å². The zero-order valence-corrected chi connectivity index (χ0v) is 11.6. The van der Waals surface area contributed by atoms with Gasteiger partial charge >= 0.3 is 0 Å². The van der Waals surface area contributed by atoms with Crippen molar-refractivity contribution in [1.82, 2.24) is 20.4 Å². The van der Waals surface area contributed by atoms with Crippen LogP contribution in [-0.4, -0.2) is 27.7 Å². The van der Waals surface area contributed by atoms with Gasteiger partial charge in [0.2, 0.25) is 11.7 Å². The van der Waals surface area contributed by atoms with Crippen LogP contribution >= 0.6 is 0 Å². The summed E-state index contributed by atoms with van der Waals surface area (Å²) in [4.78, 5) is 8.42. The van der Waals surface area contributed by atoms with Gasteiger partial charge in [-0.25, -0.2) is 0 Å². The predicted octanol–water partition coefficient (Wildman–Crippen LogP) is 2.31. The average Bonchev–Trinajstić information content (AvgIpc) is 2.88. The van der Waals surface area contributed by atoms with Gasteiger partial charge in [0.1, 0.15) is 0 Å². The molecule has 0 saturated heterocycles. The third-order valence-corrected chi connectivity index (χ3v) is 3.07. The molecule has 0 aromatic carbocycles. The molecule has 2 aromatic heterocycles. The maximum absolute atomic E-state index is 5.32. The summed E-state index contributed by atoms with van der Waals surface area (Å²) in [6.07, 6.45) is 4.20. The molecule has 0 fully saturated rings. The minimum Gasteiger partial charge on any atom is -0.339 e. The molecule has 2 heterocycles. The molecule has 2 rings (SSSR count). The fraction of sp³-hybridized carbons (Fsp3) is 0.500. The van der Waals surface area contributed by atoms with Crippen molar-refractivity contribution in [2.75, 3.05) is 6.54 Å². The van der Waals surface area contributed by atoms with E-state index in [-0.39, 0.29) is 0 Å². The van der Waals surface area contributed by atoms with Crippen molar-refractivity contribution in [1.29, 1.82) is 0 Å². The Kier molecular flexibility index (Phi) is 4.63. The van der Waals surface area contributed by atoms with E-state index in [4.69, 9.17) is 4.52 Å². The van der Waals surface area contributed by atoms with Gasteiger partial charge in [-0.15, -0.1) is 0 Å². The Morgan fingerprint density at radius 3 is 2.63 bits per heavy atom. The Bertz CT molecular complexity index is 495. The molecule has 1 atom stereocenters. The van der Waals surface area contributed by atoms with Crippen LogP contribution in [0.5, 0.6) is 0 Å². The van der Waals surface area contributed by atoms with E-state index in [0.717, 1.165) is 18.5 Å². The van der Waals surface area contributed by atoms with E-state index in [1.807, 2.05) is 12.1 Å². The largest absolute Gasteiger partial charge is 0.339 e. The lowest BCUT2D eigenvalue weighted by Crippen LogP contribution is -2.35. The quantitative estimate of drug-likeness (QED) is 0.863. The molecule has 0 bridgehead atoms. The van der Waals surface area contributed by atoms with Crippen molar-refractivity contribution in [3.8, 4) is 11.4 Å². The highest BCUT2D eigenvalue weighted by molar-refractivity contribution is 5.52. The van der Waals surface area contributed by atoms with E-state index in [1.54, 1.807) is 12.4 Å². The predicted molar refractivity (Wildman–Crippen MR) is 73.5 cm³/mol. The molecule has 102 valence electrons. The highest BCUT2D eigenvalue weighted by atomic mass is 16.5. The normalized spacial score (nSPS) is 12.8. The highest BCUT2D eigenvalue weighted by Gasteiger charge is 2.17. The zero-order chi connectivity index (χ0) is 13.7. The van der Waals surface area contributed by atoms with Crippen LogP contribution < -0.4 is 5.32 Å². The molecule has 1 unspecified atom stereocenters. The van der Waals surface area contributed by atoms with E-state index in [9.17, 15) is 0 Å². The first-order chi connectivity index (χ1) is 9.20. The minimum absolute atomic E-state index is 0.357. The van der Waals surface area contributed by atoms with Crippen molar-refractivity contribution >= 4 is 0 Å². The molecular weight excluding hydrogens is 240 g/mol. The number of rotatable bonds is 6. The molecular formula is C14H20N4O. The molecule has 0 aliphatic rings. The maximum Gasteiger partial charge on any atom is 0.228 e. The summed E-state index contributed by atoms with van der Waals surface area (Å²) in [6.45, 7) is 7.42. The molecule has 0 aliphatic heterocycles. The zero-order valence-electron chi connectivity index (χ0n) is 11.6. The smallest absolute Gasteiger partial charge is 0.228 e. The summed E-state index contributed by atoms with van der Waals surface area (Å²) in [5.74, 6) is 1.82. The average molecular weight is 260 g/mol. The molecule has 5 nitrogen and oxygen atoms in total.